The molecule has 0 atom stereocenters. The van der Waals surface area contributed by atoms with Gasteiger partial charge in [-0.3, -0.25) is 4.79 Å². The van der Waals surface area contributed by atoms with Crippen molar-refractivity contribution in [2.75, 3.05) is 5.32 Å². The molecule has 1 amide bonds. The maximum Gasteiger partial charge on any atom is 0.256 e. The highest BCUT2D eigenvalue weighted by atomic mass is 79.9. The lowest BCUT2D eigenvalue weighted by Crippen LogP contribution is -2.15. The van der Waals surface area contributed by atoms with Gasteiger partial charge in [-0.1, -0.05) is 51.8 Å². The molecule has 0 fully saturated rings. The predicted octanol–water partition coefficient (Wildman–Crippen LogP) is 5.63. The van der Waals surface area contributed by atoms with Crippen LogP contribution in [0.3, 0.4) is 0 Å². The molecule has 0 spiro atoms. The van der Waals surface area contributed by atoms with Crippen LogP contribution in [0.25, 0.3) is 16.4 Å². The highest BCUT2D eigenvalue weighted by Crippen LogP contribution is 2.27. The molecule has 2 aromatic carbocycles. The second kappa shape index (κ2) is 7.69. The largest absolute Gasteiger partial charge is 0.306 e. The minimum absolute atomic E-state index is 0.197. The Kier molecular flexibility index (Phi) is 5.11. The van der Waals surface area contributed by atoms with E-state index in [0.717, 1.165) is 21.4 Å². The Labute approximate surface area is 175 Å². The van der Waals surface area contributed by atoms with Gasteiger partial charge in [-0.25, -0.2) is 4.98 Å². The maximum atomic E-state index is 12.6. The van der Waals surface area contributed by atoms with E-state index in [9.17, 15) is 4.79 Å². The number of aryl methyl sites for hydroxylation is 2. The summed E-state index contributed by atoms with van der Waals surface area (Å²) in [7, 11) is 0. The number of rotatable bonds is 4. The third-order valence-electron chi connectivity index (χ3n) is 4.18. The Morgan fingerprint density at radius 2 is 1.89 bits per heavy atom. The van der Waals surface area contributed by atoms with E-state index in [2.05, 4.69) is 57.5 Å². The van der Waals surface area contributed by atoms with E-state index < -0.39 is 0 Å². The summed E-state index contributed by atoms with van der Waals surface area (Å²) < 4.78 is 2.53. The van der Waals surface area contributed by atoms with Crippen molar-refractivity contribution in [1.82, 2.24) is 14.8 Å². The van der Waals surface area contributed by atoms with Gasteiger partial charge >= 0.3 is 0 Å². The number of hydrogen-bond donors (Lipinski definition) is 1. The zero-order chi connectivity index (χ0) is 19.7. The van der Waals surface area contributed by atoms with Crippen LogP contribution in [0, 0.1) is 13.8 Å². The Balaban J connectivity index is 1.63. The van der Waals surface area contributed by atoms with Crippen LogP contribution in [0.15, 0.2) is 64.5 Å². The number of nitrogens with zero attached hydrogens (tertiary/aromatic N) is 3. The molecule has 0 unspecified atom stereocenters. The number of halogens is 1. The Hall–Kier alpha value is -2.77. The minimum Gasteiger partial charge on any atom is -0.306 e. The summed E-state index contributed by atoms with van der Waals surface area (Å²) in [5.74, 6) is 0.394. The smallest absolute Gasteiger partial charge is 0.256 e. The lowest BCUT2D eigenvalue weighted by atomic mass is 10.1. The van der Waals surface area contributed by atoms with Crippen molar-refractivity contribution in [2.45, 2.75) is 13.8 Å². The molecule has 140 valence electrons. The fourth-order valence-electron chi connectivity index (χ4n) is 2.77. The minimum atomic E-state index is -0.197. The first-order valence-corrected chi connectivity index (χ1v) is 10.3. The van der Waals surface area contributed by atoms with E-state index in [4.69, 9.17) is 4.98 Å². The quantitative estimate of drug-likeness (QED) is 0.436. The molecule has 0 saturated carbocycles. The number of anilines is 1. The van der Waals surface area contributed by atoms with Crippen molar-refractivity contribution in [2.24, 2.45) is 0 Å². The van der Waals surface area contributed by atoms with Gasteiger partial charge in [0.1, 0.15) is 5.82 Å². The van der Waals surface area contributed by atoms with E-state index in [0.29, 0.717) is 16.5 Å². The van der Waals surface area contributed by atoms with Crippen molar-refractivity contribution in [3.05, 3.63) is 81.3 Å². The summed E-state index contributed by atoms with van der Waals surface area (Å²) in [6.45, 7) is 3.95. The van der Waals surface area contributed by atoms with Gasteiger partial charge in [0.2, 0.25) is 5.13 Å². The molecule has 0 radical (unpaired) electrons. The van der Waals surface area contributed by atoms with Crippen LogP contribution in [-0.4, -0.2) is 20.7 Å². The summed E-state index contributed by atoms with van der Waals surface area (Å²) in [6, 6.07) is 17.3. The average Bonchev–Trinajstić information content (AvgIpc) is 3.29. The van der Waals surface area contributed by atoms with Crippen LogP contribution in [0.1, 0.15) is 21.6 Å². The van der Waals surface area contributed by atoms with Crippen LogP contribution >= 0.6 is 27.3 Å². The SMILES string of the molecule is Cc1ccc(-c2csc(-n3nc(C)cc3NC(=O)c3cccc(Br)c3)n2)cc1. The first-order chi connectivity index (χ1) is 13.5. The van der Waals surface area contributed by atoms with Crippen LogP contribution in [0.2, 0.25) is 0 Å². The monoisotopic (exact) mass is 452 g/mol. The third-order valence-corrected chi connectivity index (χ3v) is 5.49. The van der Waals surface area contributed by atoms with Crippen molar-refractivity contribution < 1.29 is 4.79 Å². The van der Waals surface area contributed by atoms with E-state index in [1.165, 1.54) is 16.9 Å². The third kappa shape index (κ3) is 3.90. The van der Waals surface area contributed by atoms with Crippen LogP contribution < -0.4 is 5.32 Å². The standard InChI is InChI=1S/C21H17BrN4OS/c1-13-6-8-15(9-7-13)18-12-28-21(23-18)26-19(10-14(2)25-26)24-20(27)16-4-3-5-17(22)11-16/h3-12H,1-2H3,(H,24,27). The topological polar surface area (TPSA) is 59.8 Å². The number of carbonyl (C=O) groups excluding carboxylic acids is 1. The van der Waals surface area contributed by atoms with E-state index in [1.54, 1.807) is 16.8 Å². The molecule has 4 rings (SSSR count). The van der Waals surface area contributed by atoms with Crippen molar-refractivity contribution >= 4 is 39.0 Å². The molecule has 0 aliphatic heterocycles. The number of aromatic nitrogens is 3. The Bertz CT molecular complexity index is 1150. The summed E-state index contributed by atoms with van der Waals surface area (Å²) >= 11 is 4.88. The normalized spacial score (nSPS) is 10.8. The van der Waals surface area contributed by atoms with E-state index in [-0.39, 0.29) is 5.91 Å². The number of hydrogen-bond acceptors (Lipinski definition) is 4. The van der Waals surface area contributed by atoms with Gasteiger partial charge in [0.15, 0.2) is 0 Å². The summed E-state index contributed by atoms with van der Waals surface area (Å²) in [6.07, 6.45) is 0. The van der Waals surface area contributed by atoms with Gasteiger partial charge in [-0.2, -0.15) is 9.78 Å². The molecule has 4 aromatic rings. The molecular formula is C21H17BrN4OS. The molecule has 0 bridgehead atoms. The second-order valence-corrected chi connectivity index (χ2v) is 8.18. The first-order valence-electron chi connectivity index (χ1n) is 8.66. The lowest BCUT2D eigenvalue weighted by molar-refractivity contribution is 0.102. The first kappa shape index (κ1) is 18.6. The van der Waals surface area contributed by atoms with E-state index in [1.807, 2.05) is 30.5 Å². The van der Waals surface area contributed by atoms with Gasteiger partial charge < -0.3 is 5.32 Å². The predicted molar refractivity (Wildman–Crippen MR) is 116 cm³/mol. The molecule has 2 heterocycles. The molecular weight excluding hydrogens is 436 g/mol. The summed E-state index contributed by atoms with van der Waals surface area (Å²) in [5, 5.41) is 10.1. The van der Waals surface area contributed by atoms with Crippen LogP contribution in [0.4, 0.5) is 5.82 Å². The number of nitrogens with one attached hydrogen (secondary N) is 1. The maximum absolute atomic E-state index is 12.6. The highest BCUT2D eigenvalue weighted by molar-refractivity contribution is 9.10. The molecule has 28 heavy (non-hydrogen) atoms. The van der Waals surface area contributed by atoms with Gasteiger partial charge in [0.25, 0.3) is 5.91 Å². The zero-order valence-corrected chi connectivity index (χ0v) is 17.7. The number of carbonyl (C=O) groups is 1. The fourth-order valence-corrected chi connectivity index (χ4v) is 3.97. The summed E-state index contributed by atoms with van der Waals surface area (Å²) in [5.41, 5.74) is 4.52. The molecule has 0 aliphatic rings. The van der Waals surface area contributed by atoms with Gasteiger partial charge in [-0.15, -0.1) is 11.3 Å². The molecule has 1 N–H and O–H groups in total. The molecule has 0 aliphatic carbocycles. The van der Waals surface area contributed by atoms with E-state index >= 15 is 0 Å². The molecule has 5 nitrogen and oxygen atoms in total. The van der Waals surface area contributed by atoms with Gasteiger partial charge in [0.05, 0.1) is 11.4 Å². The van der Waals surface area contributed by atoms with Gasteiger partial charge in [-0.05, 0) is 32.0 Å². The van der Waals surface area contributed by atoms with Crippen molar-refractivity contribution in [3.63, 3.8) is 0 Å². The zero-order valence-electron chi connectivity index (χ0n) is 15.3. The van der Waals surface area contributed by atoms with Crippen molar-refractivity contribution in [3.8, 4) is 16.4 Å². The van der Waals surface area contributed by atoms with Crippen LogP contribution in [0.5, 0.6) is 0 Å². The fraction of sp³-hybridized carbons (Fsp3) is 0.0952. The Morgan fingerprint density at radius 3 is 2.64 bits per heavy atom. The number of benzene rings is 2. The number of amides is 1. The average molecular weight is 453 g/mol. The molecule has 0 saturated heterocycles. The number of thiazole rings is 1. The lowest BCUT2D eigenvalue weighted by Gasteiger charge is -2.07. The molecule has 7 heteroatoms. The second-order valence-electron chi connectivity index (χ2n) is 6.43. The van der Waals surface area contributed by atoms with Gasteiger partial charge in [0, 0.05) is 27.0 Å². The van der Waals surface area contributed by atoms with Crippen LogP contribution in [-0.2, 0) is 0 Å². The van der Waals surface area contributed by atoms with Crippen molar-refractivity contribution in [1.29, 1.82) is 0 Å². The molecule has 2 aromatic heterocycles. The summed E-state index contributed by atoms with van der Waals surface area (Å²) in [4.78, 5) is 17.3. The highest BCUT2D eigenvalue weighted by Gasteiger charge is 2.15. The Morgan fingerprint density at radius 1 is 1.11 bits per heavy atom.